The van der Waals surface area contributed by atoms with Crippen molar-refractivity contribution in [3.8, 4) is 11.1 Å². The van der Waals surface area contributed by atoms with E-state index in [1.807, 2.05) is 0 Å². The van der Waals surface area contributed by atoms with E-state index in [0.29, 0.717) is 30.0 Å². The maximum atomic E-state index is 14.5. The predicted molar refractivity (Wildman–Crippen MR) is 100 cm³/mol. The molecule has 0 atom stereocenters. The zero-order valence-corrected chi connectivity index (χ0v) is 16.0. The van der Waals surface area contributed by atoms with Gasteiger partial charge in [-0.1, -0.05) is 39.0 Å². The maximum absolute atomic E-state index is 14.5. The molecule has 0 aromatic heterocycles. The van der Waals surface area contributed by atoms with Crippen LogP contribution in [0.4, 0.5) is 22.0 Å². The van der Waals surface area contributed by atoms with Crippen molar-refractivity contribution in [2.24, 2.45) is 11.8 Å². The van der Waals surface area contributed by atoms with Crippen LogP contribution >= 0.6 is 0 Å². The summed E-state index contributed by atoms with van der Waals surface area (Å²) in [7, 11) is 0. The van der Waals surface area contributed by atoms with E-state index in [0.717, 1.165) is 31.6 Å². The SMILES string of the molecule is CCCCC1CCC(Cc2cc(F)c(-c3cc(F)c(F)c(F)c3)c(F)c2)CC1. The van der Waals surface area contributed by atoms with Crippen molar-refractivity contribution in [1.82, 2.24) is 0 Å². The fraction of sp³-hybridized carbons (Fsp3) is 0.478. The Morgan fingerprint density at radius 1 is 0.750 bits per heavy atom. The molecule has 0 saturated heterocycles. The smallest absolute Gasteiger partial charge is 0.194 e. The van der Waals surface area contributed by atoms with E-state index in [1.54, 1.807) is 0 Å². The summed E-state index contributed by atoms with van der Waals surface area (Å²) in [6, 6.07) is 3.66. The largest absolute Gasteiger partial charge is 0.206 e. The van der Waals surface area contributed by atoms with Crippen molar-refractivity contribution in [2.75, 3.05) is 0 Å². The molecule has 0 amide bonds. The normalized spacial score (nSPS) is 19.8. The van der Waals surface area contributed by atoms with E-state index in [4.69, 9.17) is 0 Å². The molecule has 0 radical (unpaired) electrons. The van der Waals surface area contributed by atoms with Gasteiger partial charge in [0.1, 0.15) is 11.6 Å². The van der Waals surface area contributed by atoms with Crippen LogP contribution in [0.5, 0.6) is 0 Å². The highest BCUT2D eigenvalue weighted by atomic mass is 19.2. The second kappa shape index (κ2) is 9.06. The molecule has 1 aliphatic carbocycles. The van der Waals surface area contributed by atoms with Crippen molar-refractivity contribution >= 4 is 0 Å². The van der Waals surface area contributed by atoms with Gasteiger partial charge in [-0.3, -0.25) is 0 Å². The van der Waals surface area contributed by atoms with Crippen molar-refractivity contribution in [1.29, 1.82) is 0 Å². The molecule has 1 aliphatic rings. The lowest BCUT2D eigenvalue weighted by atomic mass is 9.77. The van der Waals surface area contributed by atoms with Crippen LogP contribution in [-0.2, 0) is 6.42 Å². The van der Waals surface area contributed by atoms with Gasteiger partial charge in [0, 0.05) is 0 Å². The maximum Gasteiger partial charge on any atom is 0.194 e. The third kappa shape index (κ3) is 4.73. The fourth-order valence-electron chi connectivity index (χ4n) is 4.27. The van der Waals surface area contributed by atoms with E-state index >= 15 is 0 Å². The van der Waals surface area contributed by atoms with Gasteiger partial charge in [-0.2, -0.15) is 0 Å². The number of hydrogen-bond acceptors (Lipinski definition) is 0. The Labute approximate surface area is 162 Å². The molecule has 2 aromatic rings. The topological polar surface area (TPSA) is 0 Å². The number of halogens is 5. The first-order chi connectivity index (χ1) is 13.4. The number of hydrogen-bond donors (Lipinski definition) is 0. The molecule has 0 bridgehead atoms. The van der Waals surface area contributed by atoms with Crippen LogP contribution in [0.15, 0.2) is 24.3 Å². The third-order valence-corrected chi connectivity index (χ3v) is 5.83. The van der Waals surface area contributed by atoms with E-state index in [2.05, 4.69) is 6.92 Å². The first-order valence-corrected chi connectivity index (χ1v) is 10.0. The van der Waals surface area contributed by atoms with Crippen molar-refractivity contribution in [2.45, 2.75) is 58.3 Å². The van der Waals surface area contributed by atoms with Crippen LogP contribution in [-0.4, -0.2) is 0 Å². The van der Waals surface area contributed by atoms with Gasteiger partial charge >= 0.3 is 0 Å². The lowest BCUT2D eigenvalue weighted by molar-refractivity contribution is 0.258. The first kappa shape index (κ1) is 20.8. The summed E-state index contributed by atoms with van der Waals surface area (Å²) in [5.74, 6) is -5.24. The molecule has 1 saturated carbocycles. The Morgan fingerprint density at radius 2 is 1.29 bits per heavy atom. The molecule has 152 valence electrons. The Kier molecular flexibility index (Phi) is 6.73. The summed E-state index contributed by atoms with van der Waals surface area (Å²) in [6.45, 7) is 2.19. The highest BCUT2D eigenvalue weighted by Gasteiger charge is 2.23. The highest BCUT2D eigenvalue weighted by Crippen LogP contribution is 2.35. The van der Waals surface area contributed by atoms with Crippen LogP contribution < -0.4 is 0 Å². The molecule has 28 heavy (non-hydrogen) atoms. The van der Waals surface area contributed by atoms with Gasteiger partial charge in [-0.05, 0) is 66.5 Å². The Bertz CT molecular complexity index is 776. The summed E-state index contributed by atoms with van der Waals surface area (Å²) in [5.41, 5.74) is -0.349. The third-order valence-electron chi connectivity index (χ3n) is 5.83. The number of unbranched alkanes of at least 4 members (excludes halogenated alkanes) is 1. The summed E-state index contributed by atoms with van der Waals surface area (Å²) in [6.07, 6.45) is 8.70. The molecule has 0 aliphatic heterocycles. The molecule has 0 unspecified atom stereocenters. The van der Waals surface area contributed by atoms with Gasteiger partial charge in [0.05, 0.1) is 5.56 Å². The quantitative estimate of drug-likeness (QED) is 0.349. The summed E-state index contributed by atoms with van der Waals surface area (Å²) in [5, 5.41) is 0. The monoisotopic (exact) mass is 396 g/mol. The van der Waals surface area contributed by atoms with Gasteiger partial charge in [-0.15, -0.1) is 0 Å². The molecule has 0 N–H and O–H groups in total. The molecule has 2 aromatic carbocycles. The van der Waals surface area contributed by atoms with Gasteiger partial charge in [0.15, 0.2) is 17.5 Å². The number of rotatable bonds is 6. The Balaban J connectivity index is 1.73. The second-order valence-corrected chi connectivity index (χ2v) is 7.92. The predicted octanol–water partition coefficient (Wildman–Crippen LogP) is 7.59. The molecule has 0 spiro atoms. The van der Waals surface area contributed by atoms with Crippen molar-refractivity contribution in [3.05, 3.63) is 58.9 Å². The first-order valence-electron chi connectivity index (χ1n) is 10.0. The minimum absolute atomic E-state index is 0.352. The van der Waals surface area contributed by atoms with Crippen LogP contribution in [0.1, 0.15) is 57.4 Å². The van der Waals surface area contributed by atoms with Crippen molar-refractivity contribution < 1.29 is 22.0 Å². The fourth-order valence-corrected chi connectivity index (χ4v) is 4.27. The molecule has 0 nitrogen and oxygen atoms in total. The van der Waals surface area contributed by atoms with E-state index < -0.39 is 34.6 Å². The Morgan fingerprint density at radius 3 is 1.82 bits per heavy atom. The van der Waals surface area contributed by atoms with Gasteiger partial charge in [0.25, 0.3) is 0 Å². The number of benzene rings is 2. The van der Waals surface area contributed by atoms with E-state index in [1.165, 1.54) is 31.4 Å². The summed E-state index contributed by atoms with van der Waals surface area (Å²) >= 11 is 0. The molecular weight excluding hydrogens is 371 g/mol. The van der Waals surface area contributed by atoms with Gasteiger partial charge in [-0.25, -0.2) is 22.0 Å². The second-order valence-electron chi connectivity index (χ2n) is 7.92. The van der Waals surface area contributed by atoms with Crippen LogP contribution in [0.25, 0.3) is 11.1 Å². The van der Waals surface area contributed by atoms with Gasteiger partial charge < -0.3 is 0 Å². The highest BCUT2D eigenvalue weighted by molar-refractivity contribution is 5.65. The summed E-state index contributed by atoms with van der Waals surface area (Å²) in [4.78, 5) is 0. The van der Waals surface area contributed by atoms with Crippen molar-refractivity contribution in [3.63, 3.8) is 0 Å². The van der Waals surface area contributed by atoms with Crippen LogP contribution in [0.2, 0.25) is 0 Å². The standard InChI is InChI=1S/C23H25F5/c1-2-3-4-14-5-7-15(8-6-14)9-16-10-18(24)22(19(25)11-16)17-12-20(26)23(28)21(27)13-17/h10-15H,2-9H2,1H3. The van der Waals surface area contributed by atoms with Crippen LogP contribution in [0.3, 0.4) is 0 Å². The molecule has 3 rings (SSSR count). The zero-order chi connectivity index (χ0) is 20.3. The Hall–Kier alpha value is -1.91. The molecule has 5 heteroatoms. The minimum Gasteiger partial charge on any atom is -0.206 e. The molecule has 0 heterocycles. The summed E-state index contributed by atoms with van der Waals surface area (Å²) < 4.78 is 69.0. The lowest BCUT2D eigenvalue weighted by Crippen LogP contribution is -2.16. The molecular formula is C23H25F5. The van der Waals surface area contributed by atoms with Crippen LogP contribution in [0, 0.1) is 40.9 Å². The van der Waals surface area contributed by atoms with E-state index in [9.17, 15) is 22.0 Å². The minimum atomic E-state index is -1.66. The zero-order valence-electron chi connectivity index (χ0n) is 16.0. The average Bonchev–Trinajstić information content (AvgIpc) is 2.65. The van der Waals surface area contributed by atoms with Gasteiger partial charge in [0.2, 0.25) is 0 Å². The lowest BCUT2D eigenvalue weighted by Gasteiger charge is -2.28. The average molecular weight is 396 g/mol. The molecule has 1 fully saturated rings. The van der Waals surface area contributed by atoms with E-state index in [-0.39, 0.29) is 5.56 Å².